The molecular weight excluding hydrogens is 378 g/mol. The van der Waals surface area contributed by atoms with Crippen molar-refractivity contribution in [1.29, 1.82) is 0 Å². The van der Waals surface area contributed by atoms with Crippen molar-refractivity contribution in [3.05, 3.63) is 59.7 Å². The number of amides is 2. The van der Waals surface area contributed by atoms with Crippen LogP contribution in [0.15, 0.2) is 48.5 Å². The van der Waals surface area contributed by atoms with E-state index in [2.05, 4.69) is 15.4 Å². The number of rotatable bonds is 8. The Hall–Kier alpha value is -2.87. The minimum Gasteiger partial charge on any atom is -0.350 e. The molecule has 0 unspecified atom stereocenters. The first-order valence-corrected chi connectivity index (χ1v) is 10.7. The Kier molecular flexibility index (Phi) is 7.17. The quantitative estimate of drug-likeness (QED) is 0.629. The SMILES string of the molecule is CC[C@H](C)NC(=O)c1ccccc1NC(=O)c1ccc(NS(=O)(=O)CC)cc1. The van der Waals surface area contributed by atoms with Crippen LogP contribution in [0.4, 0.5) is 11.4 Å². The van der Waals surface area contributed by atoms with Gasteiger partial charge in [-0.1, -0.05) is 19.1 Å². The molecule has 0 heterocycles. The Labute approximate surface area is 165 Å². The van der Waals surface area contributed by atoms with Gasteiger partial charge in [-0.25, -0.2) is 8.42 Å². The zero-order valence-corrected chi connectivity index (χ0v) is 17.0. The van der Waals surface area contributed by atoms with Gasteiger partial charge in [-0.05, 0) is 56.7 Å². The minimum absolute atomic E-state index is 0.0238. The molecule has 0 aliphatic rings. The van der Waals surface area contributed by atoms with E-state index in [0.29, 0.717) is 22.5 Å². The van der Waals surface area contributed by atoms with E-state index in [-0.39, 0.29) is 17.7 Å². The molecule has 3 N–H and O–H groups in total. The summed E-state index contributed by atoms with van der Waals surface area (Å²) in [6.45, 7) is 5.43. The second-order valence-corrected chi connectivity index (χ2v) is 8.38. The molecule has 150 valence electrons. The topological polar surface area (TPSA) is 104 Å². The molecule has 0 aliphatic carbocycles. The van der Waals surface area contributed by atoms with Crippen LogP contribution in [0.5, 0.6) is 0 Å². The third-order valence-corrected chi connectivity index (χ3v) is 5.52. The maximum absolute atomic E-state index is 12.5. The van der Waals surface area contributed by atoms with Gasteiger partial charge in [-0.2, -0.15) is 0 Å². The van der Waals surface area contributed by atoms with Crippen LogP contribution in [-0.4, -0.2) is 32.0 Å². The number of para-hydroxylation sites is 1. The van der Waals surface area contributed by atoms with E-state index in [1.165, 1.54) is 24.3 Å². The molecule has 2 rings (SSSR count). The van der Waals surface area contributed by atoms with Gasteiger partial charge in [0, 0.05) is 17.3 Å². The van der Waals surface area contributed by atoms with Crippen molar-refractivity contribution in [2.75, 3.05) is 15.8 Å². The standard InChI is InChI=1S/C20H25N3O4S/c1-4-14(3)21-20(25)17-8-6-7-9-18(17)22-19(24)15-10-12-16(13-11-15)23-28(26,27)5-2/h6-14,23H,4-5H2,1-3H3,(H,21,25)(H,22,24)/t14-/m0/s1. The molecule has 2 amide bonds. The number of hydrogen-bond donors (Lipinski definition) is 3. The highest BCUT2D eigenvalue weighted by atomic mass is 32.2. The van der Waals surface area contributed by atoms with Crippen molar-refractivity contribution in [1.82, 2.24) is 5.32 Å². The van der Waals surface area contributed by atoms with Crippen LogP contribution < -0.4 is 15.4 Å². The van der Waals surface area contributed by atoms with Crippen molar-refractivity contribution in [3.8, 4) is 0 Å². The predicted molar refractivity (Wildman–Crippen MR) is 111 cm³/mol. The molecule has 0 bridgehead atoms. The fraction of sp³-hybridized carbons (Fsp3) is 0.300. The van der Waals surface area contributed by atoms with Crippen molar-refractivity contribution >= 4 is 33.2 Å². The Morgan fingerprint density at radius 1 is 0.964 bits per heavy atom. The molecule has 0 radical (unpaired) electrons. The Morgan fingerprint density at radius 3 is 2.21 bits per heavy atom. The summed E-state index contributed by atoms with van der Waals surface area (Å²) < 4.78 is 25.6. The van der Waals surface area contributed by atoms with Gasteiger partial charge in [0.1, 0.15) is 0 Å². The molecular formula is C20H25N3O4S. The smallest absolute Gasteiger partial charge is 0.255 e. The van der Waals surface area contributed by atoms with Crippen molar-refractivity contribution in [3.63, 3.8) is 0 Å². The number of benzene rings is 2. The Balaban J connectivity index is 2.14. The van der Waals surface area contributed by atoms with E-state index in [0.717, 1.165) is 6.42 Å². The first kappa shape index (κ1) is 21.4. The van der Waals surface area contributed by atoms with E-state index in [4.69, 9.17) is 0 Å². The summed E-state index contributed by atoms with van der Waals surface area (Å²) in [6.07, 6.45) is 0.800. The molecule has 0 aliphatic heterocycles. The average Bonchev–Trinajstić information content (AvgIpc) is 2.68. The first-order chi connectivity index (χ1) is 13.3. The number of nitrogens with one attached hydrogen (secondary N) is 3. The van der Waals surface area contributed by atoms with Crippen LogP contribution in [0.3, 0.4) is 0 Å². The molecule has 8 heteroatoms. The fourth-order valence-electron chi connectivity index (χ4n) is 2.33. The second kappa shape index (κ2) is 9.36. The molecule has 0 saturated carbocycles. The van der Waals surface area contributed by atoms with Crippen LogP contribution in [0.25, 0.3) is 0 Å². The third-order valence-electron chi connectivity index (χ3n) is 4.21. The van der Waals surface area contributed by atoms with Gasteiger partial charge in [0.2, 0.25) is 10.0 Å². The summed E-state index contributed by atoms with van der Waals surface area (Å²) in [5.74, 6) is -0.687. The van der Waals surface area contributed by atoms with Crippen LogP contribution in [0.1, 0.15) is 47.9 Å². The first-order valence-electron chi connectivity index (χ1n) is 9.07. The summed E-state index contributed by atoms with van der Waals surface area (Å²) in [5.41, 5.74) is 1.51. The molecule has 1 atom stereocenters. The Bertz CT molecular complexity index is 940. The molecule has 0 saturated heterocycles. The van der Waals surface area contributed by atoms with E-state index >= 15 is 0 Å². The molecule has 2 aromatic carbocycles. The predicted octanol–water partition coefficient (Wildman–Crippen LogP) is 3.23. The second-order valence-electron chi connectivity index (χ2n) is 6.37. The van der Waals surface area contributed by atoms with E-state index in [1.807, 2.05) is 13.8 Å². The van der Waals surface area contributed by atoms with Gasteiger partial charge in [-0.15, -0.1) is 0 Å². The van der Waals surface area contributed by atoms with Crippen LogP contribution in [-0.2, 0) is 10.0 Å². The van der Waals surface area contributed by atoms with Crippen molar-refractivity contribution in [2.45, 2.75) is 33.2 Å². The highest BCUT2D eigenvalue weighted by molar-refractivity contribution is 7.92. The maximum atomic E-state index is 12.5. The number of carbonyl (C=O) groups is 2. The van der Waals surface area contributed by atoms with Gasteiger partial charge < -0.3 is 10.6 Å². The van der Waals surface area contributed by atoms with Gasteiger partial charge >= 0.3 is 0 Å². The average molecular weight is 404 g/mol. The van der Waals surface area contributed by atoms with E-state index in [1.54, 1.807) is 31.2 Å². The van der Waals surface area contributed by atoms with Gasteiger partial charge in [0.05, 0.1) is 17.0 Å². The minimum atomic E-state index is -3.38. The van der Waals surface area contributed by atoms with Crippen molar-refractivity contribution < 1.29 is 18.0 Å². The highest BCUT2D eigenvalue weighted by Gasteiger charge is 2.15. The summed E-state index contributed by atoms with van der Waals surface area (Å²) in [7, 11) is -3.38. The highest BCUT2D eigenvalue weighted by Crippen LogP contribution is 2.18. The molecule has 0 fully saturated rings. The molecule has 0 spiro atoms. The maximum Gasteiger partial charge on any atom is 0.255 e. The van der Waals surface area contributed by atoms with Crippen LogP contribution in [0.2, 0.25) is 0 Å². The number of carbonyl (C=O) groups excluding carboxylic acids is 2. The zero-order chi connectivity index (χ0) is 20.7. The number of hydrogen-bond acceptors (Lipinski definition) is 4. The monoisotopic (exact) mass is 403 g/mol. The molecule has 28 heavy (non-hydrogen) atoms. The Morgan fingerprint density at radius 2 is 1.61 bits per heavy atom. The normalized spacial score (nSPS) is 12.1. The van der Waals surface area contributed by atoms with Crippen LogP contribution >= 0.6 is 0 Å². The summed E-state index contributed by atoms with van der Waals surface area (Å²) in [4.78, 5) is 25.0. The number of sulfonamides is 1. The number of anilines is 2. The van der Waals surface area contributed by atoms with Gasteiger partial charge in [-0.3, -0.25) is 14.3 Å². The summed E-state index contributed by atoms with van der Waals surface area (Å²) in [5, 5.41) is 5.62. The molecule has 0 aromatic heterocycles. The summed E-state index contributed by atoms with van der Waals surface area (Å²) in [6, 6.07) is 12.9. The lowest BCUT2D eigenvalue weighted by atomic mass is 10.1. The molecule has 7 nitrogen and oxygen atoms in total. The lowest BCUT2D eigenvalue weighted by Gasteiger charge is -2.15. The summed E-state index contributed by atoms with van der Waals surface area (Å²) >= 11 is 0. The van der Waals surface area contributed by atoms with Gasteiger partial charge in [0.15, 0.2) is 0 Å². The van der Waals surface area contributed by atoms with Crippen molar-refractivity contribution in [2.24, 2.45) is 0 Å². The van der Waals surface area contributed by atoms with E-state index < -0.39 is 15.9 Å². The zero-order valence-electron chi connectivity index (χ0n) is 16.2. The largest absolute Gasteiger partial charge is 0.350 e. The lowest BCUT2D eigenvalue weighted by Crippen LogP contribution is -2.32. The lowest BCUT2D eigenvalue weighted by molar-refractivity contribution is 0.0940. The van der Waals surface area contributed by atoms with E-state index in [9.17, 15) is 18.0 Å². The molecule has 2 aromatic rings. The van der Waals surface area contributed by atoms with Crippen LogP contribution in [0, 0.1) is 0 Å². The van der Waals surface area contributed by atoms with Gasteiger partial charge in [0.25, 0.3) is 11.8 Å². The fourth-order valence-corrected chi connectivity index (χ4v) is 2.97. The third kappa shape index (κ3) is 5.82.